The summed E-state index contributed by atoms with van der Waals surface area (Å²) in [7, 11) is 1.63. The van der Waals surface area contributed by atoms with Crippen molar-refractivity contribution in [3.05, 3.63) is 29.3 Å². The highest BCUT2D eigenvalue weighted by atomic mass is 16.5. The van der Waals surface area contributed by atoms with Gasteiger partial charge in [-0.3, -0.25) is 9.69 Å². The van der Waals surface area contributed by atoms with Gasteiger partial charge >= 0.3 is 0 Å². The van der Waals surface area contributed by atoms with Gasteiger partial charge in [-0.1, -0.05) is 6.07 Å². The van der Waals surface area contributed by atoms with Gasteiger partial charge in [0.05, 0.1) is 7.11 Å². The van der Waals surface area contributed by atoms with Crippen LogP contribution in [0.3, 0.4) is 0 Å². The van der Waals surface area contributed by atoms with Gasteiger partial charge in [-0.15, -0.1) is 0 Å². The quantitative estimate of drug-likeness (QED) is 0.883. The second-order valence-electron chi connectivity index (χ2n) is 5.46. The van der Waals surface area contributed by atoms with Crippen molar-refractivity contribution < 1.29 is 9.53 Å². The molecular weight excluding hydrogens is 266 g/mol. The molecular formula is C16H25N3O2. The zero-order valence-electron chi connectivity index (χ0n) is 13.0. The number of nitrogens with two attached hydrogens (primary N) is 1. The average molecular weight is 291 g/mol. The first-order valence-corrected chi connectivity index (χ1v) is 7.52. The van der Waals surface area contributed by atoms with Crippen molar-refractivity contribution in [2.75, 3.05) is 46.4 Å². The van der Waals surface area contributed by atoms with Crippen molar-refractivity contribution in [2.45, 2.75) is 13.3 Å². The number of carbonyl (C=O) groups is 1. The van der Waals surface area contributed by atoms with Crippen LogP contribution in [-0.4, -0.2) is 62.1 Å². The second kappa shape index (κ2) is 7.43. The summed E-state index contributed by atoms with van der Waals surface area (Å²) >= 11 is 0. The zero-order valence-corrected chi connectivity index (χ0v) is 13.0. The van der Waals surface area contributed by atoms with Crippen LogP contribution in [0.1, 0.15) is 22.3 Å². The number of benzene rings is 1. The largest absolute Gasteiger partial charge is 0.496 e. The molecule has 0 aromatic heterocycles. The standard InChI is InChI=1S/C16H25N3O2/c1-13-4-5-14(12-15(13)21-2)16(20)19-10-8-18(9-11-19)7-3-6-17/h4-5,12H,3,6-11,17H2,1-2H3. The lowest BCUT2D eigenvalue weighted by Gasteiger charge is -2.34. The Bertz CT molecular complexity index is 482. The third-order valence-electron chi connectivity index (χ3n) is 3.99. The maximum Gasteiger partial charge on any atom is 0.254 e. The number of piperazine rings is 1. The molecule has 0 radical (unpaired) electrons. The molecule has 0 unspecified atom stereocenters. The number of nitrogens with zero attached hydrogens (tertiary/aromatic N) is 2. The van der Waals surface area contributed by atoms with Gasteiger partial charge in [0.25, 0.3) is 5.91 Å². The molecule has 5 heteroatoms. The Morgan fingerprint density at radius 3 is 2.62 bits per heavy atom. The molecule has 1 aliphatic rings. The van der Waals surface area contributed by atoms with Gasteiger partial charge in [-0.05, 0) is 44.1 Å². The molecule has 2 rings (SSSR count). The van der Waals surface area contributed by atoms with Crippen molar-refractivity contribution in [3.63, 3.8) is 0 Å². The van der Waals surface area contributed by atoms with Crippen molar-refractivity contribution in [1.29, 1.82) is 0 Å². The first-order valence-electron chi connectivity index (χ1n) is 7.52. The second-order valence-corrected chi connectivity index (χ2v) is 5.46. The van der Waals surface area contributed by atoms with E-state index in [9.17, 15) is 4.79 Å². The summed E-state index contributed by atoms with van der Waals surface area (Å²) in [5.41, 5.74) is 7.28. The summed E-state index contributed by atoms with van der Waals surface area (Å²) in [4.78, 5) is 16.8. The summed E-state index contributed by atoms with van der Waals surface area (Å²) in [5.74, 6) is 0.856. The Balaban J connectivity index is 1.95. The van der Waals surface area contributed by atoms with Crippen LogP contribution in [0.2, 0.25) is 0 Å². The number of rotatable bonds is 5. The molecule has 1 saturated heterocycles. The monoisotopic (exact) mass is 291 g/mol. The fourth-order valence-electron chi connectivity index (χ4n) is 2.63. The van der Waals surface area contributed by atoms with Crippen LogP contribution in [0, 0.1) is 6.92 Å². The minimum atomic E-state index is 0.0896. The molecule has 1 amide bonds. The number of carbonyl (C=O) groups excluding carboxylic acids is 1. The lowest BCUT2D eigenvalue weighted by Crippen LogP contribution is -2.49. The number of hydrogen-bond acceptors (Lipinski definition) is 4. The molecule has 0 saturated carbocycles. The third kappa shape index (κ3) is 3.95. The van der Waals surface area contributed by atoms with E-state index in [4.69, 9.17) is 10.5 Å². The Morgan fingerprint density at radius 2 is 2.00 bits per heavy atom. The maximum absolute atomic E-state index is 12.5. The molecule has 1 aromatic carbocycles. The molecule has 0 spiro atoms. The van der Waals surface area contributed by atoms with Gasteiger partial charge in [0.2, 0.25) is 0 Å². The van der Waals surface area contributed by atoms with Crippen LogP contribution in [0.5, 0.6) is 5.75 Å². The molecule has 0 aliphatic carbocycles. The van der Waals surface area contributed by atoms with Crippen molar-refractivity contribution in [3.8, 4) is 5.75 Å². The van der Waals surface area contributed by atoms with Gasteiger partial charge < -0.3 is 15.4 Å². The number of methoxy groups -OCH3 is 1. The molecule has 1 heterocycles. The summed E-state index contributed by atoms with van der Waals surface area (Å²) in [6.07, 6.45) is 1.02. The van der Waals surface area contributed by atoms with Gasteiger partial charge in [0, 0.05) is 31.7 Å². The first-order chi connectivity index (χ1) is 10.2. The van der Waals surface area contributed by atoms with E-state index in [1.165, 1.54) is 0 Å². The van der Waals surface area contributed by atoms with E-state index in [1.807, 2.05) is 30.0 Å². The van der Waals surface area contributed by atoms with Crippen LogP contribution in [-0.2, 0) is 0 Å². The molecule has 1 aromatic rings. The SMILES string of the molecule is COc1cc(C(=O)N2CCN(CCCN)CC2)ccc1C. The van der Waals surface area contributed by atoms with Gasteiger partial charge in [0.1, 0.15) is 5.75 Å². The van der Waals surface area contributed by atoms with E-state index < -0.39 is 0 Å². The Kier molecular flexibility index (Phi) is 5.59. The van der Waals surface area contributed by atoms with Crippen LogP contribution in [0.25, 0.3) is 0 Å². The molecule has 5 nitrogen and oxygen atoms in total. The predicted molar refractivity (Wildman–Crippen MR) is 83.7 cm³/mol. The number of ether oxygens (including phenoxy) is 1. The number of aryl methyl sites for hydroxylation is 1. The van der Waals surface area contributed by atoms with E-state index >= 15 is 0 Å². The van der Waals surface area contributed by atoms with Crippen molar-refractivity contribution in [1.82, 2.24) is 9.80 Å². The molecule has 0 bridgehead atoms. The van der Waals surface area contributed by atoms with Crippen LogP contribution in [0.15, 0.2) is 18.2 Å². The fourth-order valence-corrected chi connectivity index (χ4v) is 2.63. The van der Waals surface area contributed by atoms with Gasteiger partial charge in [0.15, 0.2) is 0 Å². The van der Waals surface area contributed by atoms with Crippen LogP contribution < -0.4 is 10.5 Å². The van der Waals surface area contributed by atoms with Crippen molar-refractivity contribution in [2.24, 2.45) is 5.73 Å². The Hall–Kier alpha value is -1.59. The van der Waals surface area contributed by atoms with E-state index in [0.29, 0.717) is 5.56 Å². The third-order valence-corrected chi connectivity index (χ3v) is 3.99. The zero-order chi connectivity index (χ0) is 15.2. The van der Waals surface area contributed by atoms with Gasteiger partial charge in [-0.25, -0.2) is 0 Å². The molecule has 2 N–H and O–H groups in total. The van der Waals surface area contributed by atoms with E-state index in [0.717, 1.165) is 57.0 Å². The fraction of sp³-hybridized carbons (Fsp3) is 0.562. The molecule has 1 aliphatic heterocycles. The smallest absolute Gasteiger partial charge is 0.254 e. The molecule has 0 atom stereocenters. The normalized spacial score (nSPS) is 16.0. The summed E-state index contributed by atoms with van der Waals surface area (Å²) in [6.45, 7) is 7.13. The minimum absolute atomic E-state index is 0.0896. The summed E-state index contributed by atoms with van der Waals surface area (Å²) in [5, 5.41) is 0. The first kappa shape index (κ1) is 15.8. The Morgan fingerprint density at radius 1 is 1.29 bits per heavy atom. The van der Waals surface area contributed by atoms with E-state index in [-0.39, 0.29) is 5.91 Å². The lowest BCUT2D eigenvalue weighted by atomic mass is 10.1. The van der Waals surface area contributed by atoms with Crippen LogP contribution >= 0.6 is 0 Å². The van der Waals surface area contributed by atoms with E-state index in [2.05, 4.69) is 4.90 Å². The highest BCUT2D eigenvalue weighted by Crippen LogP contribution is 2.20. The van der Waals surface area contributed by atoms with Crippen molar-refractivity contribution >= 4 is 5.91 Å². The molecule has 116 valence electrons. The van der Waals surface area contributed by atoms with E-state index in [1.54, 1.807) is 7.11 Å². The summed E-state index contributed by atoms with van der Waals surface area (Å²) < 4.78 is 5.29. The summed E-state index contributed by atoms with van der Waals surface area (Å²) in [6, 6.07) is 5.64. The highest BCUT2D eigenvalue weighted by molar-refractivity contribution is 5.94. The van der Waals surface area contributed by atoms with Crippen LogP contribution in [0.4, 0.5) is 0 Å². The average Bonchev–Trinajstić information content (AvgIpc) is 2.53. The Labute approximate surface area is 126 Å². The topological polar surface area (TPSA) is 58.8 Å². The predicted octanol–water partition coefficient (Wildman–Crippen LogP) is 1.11. The maximum atomic E-state index is 12.5. The number of hydrogen-bond donors (Lipinski definition) is 1. The molecule has 1 fully saturated rings. The molecule has 21 heavy (non-hydrogen) atoms. The minimum Gasteiger partial charge on any atom is -0.496 e. The van der Waals surface area contributed by atoms with Gasteiger partial charge in [-0.2, -0.15) is 0 Å². The number of amides is 1. The highest BCUT2D eigenvalue weighted by Gasteiger charge is 2.22. The lowest BCUT2D eigenvalue weighted by molar-refractivity contribution is 0.0636.